The van der Waals surface area contributed by atoms with Crippen molar-refractivity contribution in [2.75, 3.05) is 6.26 Å². The Balaban J connectivity index is 1.84. The van der Waals surface area contributed by atoms with Crippen LogP contribution in [0.2, 0.25) is 0 Å². The molecule has 1 aliphatic carbocycles. The average molecular weight is 282 g/mol. The Labute approximate surface area is 113 Å². The molecule has 0 atom stereocenters. The van der Waals surface area contributed by atoms with Crippen LogP contribution in [-0.4, -0.2) is 26.7 Å². The van der Waals surface area contributed by atoms with Gasteiger partial charge in [0.2, 0.25) is 0 Å². The summed E-state index contributed by atoms with van der Waals surface area (Å²) >= 11 is 0. The Bertz CT molecular complexity index is 548. The molecule has 1 fully saturated rings. The van der Waals surface area contributed by atoms with Crippen molar-refractivity contribution < 1.29 is 13.2 Å². The predicted octanol–water partition coefficient (Wildman–Crippen LogP) is 1.44. The molecular formula is C13H18N2O3S. The van der Waals surface area contributed by atoms with Crippen LogP contribution < -0.4 is 10.6 Å². The van der Waals surface area contributed by atoms with E-state index in [-0.39, 0.29) is 10.9 Å². The molecule has 0 saturated heterocycles. The highest BCUT2D eigenvalue weighted by molar-refractivity contribution is 7.90. The van der Waals surface area contributed by atoms with Gasteiger partial charge in [-0.3, -0.25) is 0 Å². The zero-order chi connectivity index (χ0) is 13.9. The smallest absolute Gasteiger partial charge is 0.315 e. The van der Waals surface area contributed by atoms with E-state index < -0.39 is 9.84 Å². The van der Waals surface area contributed by atoms with E-state index in [0.717, 1.165) is 18.4 Å². The Hall–Kier alpha value is -1.56. The van der Waals surface area contributed by atoms with Crippen LogP contribution >= 0.6 is 0 Å². The van der Waals surface area contributed by atoms with Gasteiger partial charge in [0.1, 0.15) is 0 Å². The van der Waals surface area contributed by atoms with Crippen molar-refractivity contribution in [3.8, 4) is 0 Å². The Morgan fingerprint density at radius 3 is 2.37 bits per heavy atom. The molecule has 0 bridgehead atoms. The minimum atomic E-state index is -3.16. The number of amides is 2. The van der Waals surface area contributed by atoms with E-state index in [2.05, 4.69) is 10.6 Å². The summed E-state index contributed by atoms with van der Waals surface area (Å²) in [5.41, 5.74) is 0.871. The van der Waals surface area contributed by atoms with Crippen LogP contribution in [0.4, 0.5) is 4.79 Å². The van der Waals surface area contributed by atoms with Gasteiger partial charge in [0, 0.05) is 18.8 Å². The Morgan fingerprint density at radius 2 is 1.89 bits per heavy atom. The van der Waals surface area contributed by atoms with E-state index in [1.807, 2.05) is 0 Å². The average Bonchev–Trinajstić information content (AvgIpc) is 2.31. The summed E-state index contributed by atoms with van der Waals surface area (Å²) in [6.07, 6.45) is 4.46. The van der Waals surface area contributed by atoms with Gasteiger partial charge in [-0.15, -0.1) is 0 Å². The minimum Gasteiger partial charge on any atom is -0.335 e. The third-order valence-electron chi connectivity index (χ3n) is 3.24. The van der Waals surface area contributed by atoms with Gasteiger partial charge >= 0.3 is 6.03 Å². The summed E-state index contributed by atoms with van der Waals surface area (Å²) in [6.45, 7) is 0.391. The van der Waals surface area contributed by atoms with Crippen LogP contribution in [0, 0.1) is 0 Å². The number of carbonyl (C=O) groups is 1. The number of sulfone groups is 1. The molecule has 1 aromatic rings. The molecule has 6 heteroatoms. The van der Waals surface area contributed by atoms with E-state index in [0.29, 0.717) is 12.6 Å². The first-order valence-corrected chi connectivity index (χ1v) is 8.17. The maximum atomic E-state index is 11.5. The zero-order valence-corrected chi connectivity index (χ0v) is 11.7. The molecule has 0 heterocycles. The van der Waals surface area contributed by atoms with Crippen molar-refractivity contribution in [2.24, 2.45) is 0 Å². The summed E-state index contributed by atoms with van der Waals surface area (Å²) in [4.78, 5) is 11.8. The highest BCUT2D eigenvalue weighted by Crippen LogP contribution is 2.17. The van der Waals surface area contributed by atoms with Crippen molar-refractivity contribution in [3.63, 3.8) is 0 Å². The number of hydrogen-bond acceptors (Lipinski definition) is 3. The van der Waals surface area contributed by atoms with Crippen molar-refractivity contribution in [1.82, 2.24) is 10.6 Å². The number of urea groups is 1. The van der Waals surface area contributed by atoms with Gasteiger partial charge in [0.05, 0.1) is 4.90 Å². The standard InChI is InChI=1S/C13H18N2O3S/c1-19(17,18)12-7-5-10(6-8-12)9-14-13(16)15-11-3-2-4-11/h5-8,11H,2-4,9H2,1H3,(H2,14,15,16). The molecular weight excluding hydrogens is 264 g/mol. The molecule has 2 amide bonds. The molecule has 5 nitrogen and oxygen atoms in total. The normalized spacial score (nSPS) is 15.6. The largest absolute Gasteiger partial charge is 0.335 e. The van der Waals surface area contributed by atoms with Crippen molar-refractivity contribution >= 4 is 15.9 Å². The topological polar surface area (TPSA) is 75.3 Å². The second kappa shape index (κ2) is 5.61. The maximum Gasteiger partial charge on any atom is 0.315 e. The molecule has 1 saturated carbocycles. The third kappa shape index (κ3) is 3.96. The molecule has 104 valence electrons. The molecule has 1 aliphatic rings. The van der Waals surface area contributed by atoms with Gasteiger partial charge < -0.3 is 10.6 Å². The zero-order valence-electron chi connectivity index (χ0n) is 10.8. The van der Waals surface area contributed by atoms with E-state index in [9.17, 15) is 13.2 Å². The second-order valence-corrected chi connectivity index (χ2v) is 6.89. The molecule has 1 aromatic carbocycles. The number of carbonyl (C=O) groups excluding carboxylic acids is 1. The van der Waals surface area contributed by atoms with E-state index >= 15 is 0 Å². The number of nitrogens with one attached hydrogen (secondary N) is 2. The summed E-state index contributed by atoms with van der Waals surface area (Å²) in [7, 11) is -3.16. The summed E-state index contributed by atoms with van der Waals surface area (Å²) in [5, 5.41) is 5.63. The van der Waals surface area contributed by atoms with Gasteiger partial charge in [-0.05, 0) is 37.0 Å². The molecule has 2 N–H and O–H groups in total. The van der Waals surface area contributed by atoms with Crippen LogP contribution in [-0.2, 0) is 16.4 Å². The maximum absolute atomic E-state index is 11.5. The van der Waals surface area contributed by atoms with Crippen LogP contribution in [0.25, 0.3) is 0 Å². The van der Waals surface area contributed by atoms with Crippen LogP contribution in [0.5, 0.6) is 0 Å². The Kier molecular flexibility index (Phi) is 4.09. The van der Waals surface area contributed by atoms with Gasteiger partial charge in [0.15, 0.2) is 9.84 Å². The third-order valence-corrected chi connectivity index (χ3v) is 4.37. The summed E-state index contributed by atoms with van der Waals surface area (Å²) in [6, 6.07) is 6.66. The van der Waals surface area contributed by atoms with Crippen LogP contribution in [0.1, 0.15) is 24.8 Å². The first kappa shape index (κ1) is 13.9. The first-order valence-electron chi connectivity index (χ1n) is 6.28. The van der Waals surface area contributed by atoms with Gasteiger partial charge in [-0.1, -0.05) is 12.1 Å². The molecule has 0 spiro atoms. The highest BCUT2D eigenvalue weighted by atomic mass is 32.2. The second-order valence-electron chi connectivity index (χ2n) is 4.87. The molecule has 0 unspecified atom stereocenters. The molecule has 0 aromatic heterocycles. The number of rotatable bonds is 4. The molecule has 19 heavy (non-hydrogen) atoms. The fourth-order valence-electron chi connectivity index (χ4n) is 1.83. The number of hydrogen-bond donors (Lipinski definition) is 2. The lowest BCUT2D eigenvalue weighted by molar-refractivity contribution is 0.228. The SMILES string of the molecule is CS(=O)(=O)c1ccc(CNC(=O)NC2CCC2)cc1. The fraction of sp³-hybridized carbons (Fsp3) is 0.462. The lowest BCUT2D eigenvalue weighted by Gasteiger charge is -2.26. The van der Waals surface area contributed by atoms with E-state index in [1.54, 1.807) is 24.3 Å². The monoisotopic (exact) mass is 282 g/mol. The van der Waals surface area contributed by atoms with Crippen molar-refractivity contribution in [3.05, 3.63) is 29.8 Å². The highest BCUT2D eigenvalue weighted by Gasteiger charge is 2.18. The van der Waals surface area contributed by atoms with E-state index in [4.69, 9.17) is 0 Å². The van der Waals surface area contributed by atoms with Gasteiger partial charge in [-0.25, -0.2) is 13.2 Å². The Morgan fingerprint density at radius 1 is 1.26 bits per heavy atom. The van der Waals surface area contributed by atoms with Crippen molar-refractivity contribution in [2.45, 2.75) is 36.7 Å². The predicted molar refractivity (Wildman–Crippen MR) is 72.6 cm³/mol. The lowest BCUT2D eigenvalue weighted by atomic mass is 9.93. The van der Waals surface area contributed by atoms with E-state index in [1.165, 1.54) is 12.7 Å². The van der Waals surface area contributed by atoms with Crippen molar-refractivity contribution in [1.29, 1.82) is 0 Å². The van der Waals surface area contributed by atoms with Crippen LogP contribution in [0.3, 0.4) is 0 Å². The van der Waals surface area contributed by atoms with Crippen LogP contribution in [0.15, 0.2) is 29.2 Å². The summed E-state index contributed by atoms with van der Waals surface area (Å²) in [5.74, 6) is 0. The molecule has 0 aliphatic heterocycles. The van der Waals surface area contributed by atoms with Gasteiger partial charge in [-0.2, -0.15) is 0 Å². The molecule has 0 radical (unpaired) electrons. The first-order chi connectivity index (χ1) is 8.95. The molecule has 2 rings (SSSR count). The summed E-state index contributed by atoms with van der Waals surface area (Å²) < 4.78 is 22.6. The quantitative estimate of drug-likeness (QED) is 0.877. The fourth-order valence-corrected chi connectivity index (χ4v) is 2.46. The number of benzene rings is 1. The van der Waals surface area contributed by atoms with Gasteiger partial charge in [0.25, 0.3) is 0 Å². The minimum absolute atomic E-state index is 0.170. The lowest BCUT2D eigenvalue weighted by Crippen LogP contribution is -2.44.